The maximum Gasteiger partial charge on any atom is 0.233 e. The largest absolute Gasteiger partial charge is 0.480 e. The predicted octanol–water partition coefficient (Wildman–Crippen LogP) is 5.31. The summed E-state index contributed by atoms with van der Waals surface area (Å²) < 4.78 is 5.04. The summed E-state index contributed by atoms with van der Waals surface area (Å²) >= 11 is 0. The lowest BCUT2D eigenvalue weighted by Crippen LogP contribution is -2.16. The van der Waals surface area contributed by atoms with Gasteiger partial charge in [-0.2, -0.15) is 0 Å². The van der Waals surface area contributed by atoms with Gasteiger partial charge in [0.05, 0.1) is 12.8 Å². The molecule has 3 aromatic carbocycles. The Kier molecular flexibility index (Phi) is 6.33. The highest BCUT2D eigenvalue weighted by Gasteiger charge is 2.18. The molecule has 0 bridgehead atoms. The molecule has 31 heavy (non-hydrogen) atoms. The molecular weight excluding hydrogens is 386 g/mol. The van der Waals surface area contributed by atoms with Gasteiger partial charge < -0.3 is 10.1 Å². The highest BCUT2D eigenvalue weighted by Crippen LogP contribution is 2.28. The first-order valence-corrected chi connectivity index (χ1v) is 10.1. The number of rotatable bonds is 7. The number of anilines is 1. The number of nitrogens with zero attached hydrogens (tertiary/aromatic N) is 2. The molecule has 4 rings (SSSR count). The number of aromatic nitrogens is 2. The number of hydrogen-bond acceptors (Lipinski definition) is 4. The van der Waals surface area contributed by atoms with E-state index in [4.69, 9.17) is 4.74 Å². The zero-order chi connectivity index (χ0) is 21.5. The number of carbonyl (C=O) groups is 1. The van der Waals surface area contributed by atoms with Crippen molar-refractivity contribution < 1.29 is 9.53 Å². The van der Waals surface area contributed by atoms with Gasteiger partial charge in [0.2, 0.25) is 11.8 Å². The lowest BCUT2D eigenvalue weighted by atomic mass is 9.88. The van der Waals surface area contributed by atoms with Crippen LogP contribution in [0.2, 0.25) is 0 Å². The molecule has 0 saturated carbocycles. The minimum absolute atomic E-state index is 0.00348. The van der Waals surface area contributed by atoms with E-state index in [2.05, 4.69) is 39.8 Å². The van der Waals surface area contributed by atoms with Crippen LogP contribution in [0.4, 0.5) is 5.69 Å². The maximum atomic E-state index is 12.8. The standard InChI is InChI=1S/C26H23N3O2/c1-31-26-17-16-24(28-29-26)21-12-14-22(15-13-21)27-25(30)18-23(19-8-4-2-5-9-19)20-10-6-3-7-11-20/h2-17,23H,18H2,1H3,(H,27,30). The van der Waals surface area contributed by atoms with Gasteiger partial charge >= 0.3 is 0 Å². The van der Waals surface area contributed by atoms with Crippen LogP contribution in [0, 0.1) is 0 Å². The van der Waals surface area contributed by atoms with Crippen molar-refractivity contribution in [1.29, 1.82) is 0 Å². The normalized spacial score (nSPS) is 10.6. The van der Waals surface area contributed by atoms with Gasteiger partial charge in [0.15, 0.2) is 0 Å². The molecule has 0 fully saturated rings. The van der Waals surface area contributed by atoms with Gasteiger partial charge in [-0.15, -0.1) is 10.2 Å². The fourth-order valence-electron chi connectivity index (χ4n) is 3.50. The molecule has 1 aromatic heterocycles. The van der Waals surface area contributed by atoms with Gasteiger partial charge in [-0.1, -0.05) is 72.8 Å². The second-order valence-corrected chi connectivity index (χ2v) is 7.16. The van der Waals surface area contributed by atoms with Crippen LogP contribution in [-0.2, 0) is 4.79 Å². The smallest absolute Gasteiger partial charge is 0.233 e. The van der Waals surface area contributed by atoms with Crippen molar-refractivity contribution in [3.63, 3.8) is 0 Å². The number of methoxy groups -OCH3 is 1. The van der Waals surface area contributed by atoms with Gasteiger partial charge in [-0.25, -0.2) is 0 Å². The van der Waals surface area contributed by atoms with Crippen LogP contribution < -0.4 is 10.1 Å². The van der Waals surface area contributed by atoms with Crippen molar-refractivity contribution in [3.8, 4) is 17.1 Å². The zero-order valence-corrected chi connectivity index (χ0v) is 17.2. The van der Waals surface area contributed by atoms with Crippen LogP contribution in [0.1, 0.15) is 23.5 Å². The van der Waals surface area contributed by atoms with Crippen molar-refractivity contribution in [2.24, 2.45) is 0 Å². The number of carbonyl (C=O) groups excluding carboxylic acids is 1. The van der Waals surface area contributed by atoms with Crippen LogP contribution in [-0.4, -0.2) is 23.2 Å². The average molecular weight is 409 g/mol. The Labute approximate surface area is 181 Å². The van der Waals surface area contributed by atoms with Crippen LogP contribution in [0.25, 0.3) is 11.3 Å². The van der Waals surface area contributed by atoms with E-state index in [9.17, 15) is 4.79 Å². The molecular formula is C26H23N3O2. The lowest BCUT2D eigenvalue weighted by molar-refractivity contribution is -0.116. The van der Waals surface area contributed by atoms with Gasteiger partial charge in [0, 0.05) is 29.7 Å². The monoisotopic (exact) mass is 409 g/mol. The van der Waals surface area contributed by atoms with Crippen LogP contribution in [0.15, 0.2) is 97.1 Å². The van der Waals surface area contributed by atoms with E-state index in [-0.39, 0.29) is 11.8 Å². The lowest BCUT2D eigenvalue weighted by Gasteiger charge is -2.18. The Hall–Kier alpha value is -3.99. The SMILES string of the molecule is COc1ccc(-c2ccc(NC(=O)CC(c3ccccc3)c3ccccc3)cc2)nn1. The highest BCUT2D eigenvalue weighted by atomic mass is 16.5. The van der Waals surface area contributed by atoms with Gasteiger partial charge in [-0.05, 0) is 29.3 Å². The Balaban J connectivity index is 1.46. The first-order valence-electron chi connectivity index (χ1n) is 10.1. The minimum Gasteiger partial charge on any atom is -0.480 e. The molecule has 0 aliphatic heterocycles. The van der Waals surface area contributed by atoms with Crippen LogP contribution >= 0.6 is 0 Å². The molecule has 0 saturated heterocycles. The predicted molar refractivity (Wildman–Crippen MR) is 122 cm³/mol. The molecule has 5 nitrogen and oxygen atoms in total. The second kappa shape index (κ2) is 9.67. The summed E-state index contributed by atoms with van der Waals surface area (Å²) in [7, 11) is 1.56. The summed E-state index contributed by atoms with van der Waals surface area (Å²) in [5, 5.41) is 11.2. The van der Waals surface area contributed by atoms with Crippen molar-refractivity contribution >= 4 is 11.6 Å². The zero-order valence-electron chi connectivity index (χ0n) is 17.2. The summed E-state index contributed by atoms with van der Waals surface area (Å²) in [5.41, 5.74) is 4.65. The molecule has 4 aromatic rings. The number of hydrogen-bond donors (Lipinski definition) is 1. The Morgan fingerprint density at radius 2 is 1.42 bits per heavy atom. The number of nitrogens with one attached hydrogen (secondary N) is 1. The summed E-state index contributed by atoms with van der Waals surface area (Å²) in [4.78, 5) is 12.8. The molecule has 1 N–H and O–H groups in total. The molecule has 0 unspecified atom stereocenters. The van der Waals surface area contributed by atoms with Gasteiger partial charge in [0.1, 0.15) is 0 Å². The molecule has 0 aliphatic carbocycles. The van der Waals surface area contributed by atoms with E-state index in [1.165, 1.54) is 0 Å². The van der Waals surface area contributed by atoms with E-state index < -0.39 is 0 Å². The number of amides is 1. The first-order chi connectivity index (χ1) is 15.2. The van der Waals surface area contributed by atoms with Crippen molar-refractivity contribution in [1.82, 2.24) is 10.2 Å². The fraction of sp³-hybridized carbons (Fsp3) is 0.115. The maximum absolute atomic E-state index is 12.8. The topological polar surface area (TPSA) is 64.1 Å². The first kappa shape index (κ1) is 20.3. The minimum atomic E-state index is -0.0327. The van der Waals surface area contributed by atoms with E-state index in [0.717, 1.165) is 28.1 Å². The summed E-state index contributed by atoms with van der Waals surface area (Å²) in [6.07, 6.45) is 0.361. The third-order valence-corrected chi connectivity index (χ3v) is 5.11. The molecule has 0 aliphatic rings. The summed E-state index contributed by atoms with van der Waals surface area (Å²) in [5.74, 6) is 0.435. The van der Waals surface area contributed by atoms with Crippen molar-refractivity contribution in [2.45, 2.75) is 12.3 Å². The molecule has 0 radical (unpaired) electrons. The second-order valence-electron chi connectivity index (χ2n) is 7.16. The molecule has 1 amide bonds. The number of ether oxygens (including phenoxy) is 1. The Bertz CT molecular complexity index is 1070. The van der Waals surface area contributed by atoms with Crippen LogP contribution in [0.5, 0.6) is 5.88 Å². The van der Waals surface area contributed by atoms with Gasteiger partial charge in [-0.3, -0.25) is 4.79 Å². The highest BCUT2D eigenvalue weighted by molar-refractivity contribution is 5.91. The van der Waals surface area contributed by atoms with Gasteiger partial charge in [0.25, 0.3) is 0 Å². The molecule has 0 atom stereocenters. The van der Waals surface area contributed by atoms with Crippen molar-refractivity contribution in [2.75, 3.05) is 12.4 Å². The molecule has 0 spiro atoms. The summed E-state index contributed by atoms with van der Waals surface area (Å²) in [6.45, 7) is 0. The Morgan fingerprint density at radius 1 is 0.806 bits per heavy atom. The van der Waals surface area contributed by atoms with E-state index in [0.29, 0.717) is 12.3 Å². The number of benzene rings is 3. The fourth-order valence-corrected chi connectivity index (χ4v) is 3.50. The average Bonchev–Trinajstić information content (AvgIpc) is 2.84. The summed E-state index contributed by atoms with van der Waals surface area (Å²) in [6, 6.07) is 31.4. The quantitative estimate of drug-likeness (QED) is 0.449. The molecule has 154 valence electrons. The van der Waals surface area contributed by atoms with E-state index in [1.807, 2.05) is 66.7 Å². The van der Waals surface area contributed by atoms with E-state index in [1.54, 1.807) is 13.2 Å². The van der Waals surface area contributed by atoms with Crippen molar-refractivity contribution in [3.05, 3.63) is 108 Å². The van der Waals surface area contributed by atoms with E-state index >= 15 is 0 Å². The molecule has 1 heterocycles. The van der Waals surface area contributed by atoms with Crippen LogP contribution in [0.3, 0.4) is 0 Å². The third-order valence-electron chi connectivity index (χ3n) is 5.11. The third kappa shape index (κ3) is 5.14. The Morgan fingerprint density at radius 3 is 1.94 bits per heavy atom. The molecule has 5 heteroatoms.